The van der Waals surface area contributed by atoms with Gasteiger partial charge in [-0.15, -0.1) is 11.3 Å². The molecule has 25 heavy (non-hydrogen) atoms. The molecule has 0 amide bonds. The van der Waals surface area contributed by atoms with Gasteiger partial charge in [-0.05, 0) is 26.8 Å². The number of thiophene rings is 1. The lowest BCUT2D eigenvalue weighted by molar-refractivity contribution is 0.917. The molecule has 0 saturated carbocycles. The zero-order valence-electron chi connectivity index (χ0n) is 15.1. The Hall–Kier alpha value is -2.67. The van der Waals surface area contributed by atoms with Crippen LogP contribution in [0.4, 0.5) is 5.69 Å². The Kier molecular flexibility index (Phi) is 5.93. The molecule has 2 N–H and O–H groups in total. The summed E-state index contributed by atoms with van der Waals surface area (Å²) in [5.41, 5.74) is 2.76. The second-order valence-electron chi connectivity index (χ2n) is 5.91. The average Bonchev–Trinajstić information content (AvgIpc) is 2.96. The normalized spacial score (nSPS) is 10.8. The maximum Gasteiger partial charge on any atom is 0.289 e. The molecule has 0 spiro atoms. The fourth-order valence-corrected chi connectivity index (χ4v) is 3.27. The van der Waals surface area contributed by atoms with Gasteiger partial charge in [0.25, 0.3) is 5.56 Å². The van der Waals surface area contributed by atoms with Gasteiger partial charge in [0, 0.05) is 20.3 Å². The van der Waals surface area contributed by atoms with Crippen LogP contribution in [0.5, 0.6) is 0 Å². The van der Waals surface area contributed by atoms with Crippen molar-refractivity contribution in [3.8, 4) is 0 Å². The number of fused-ring (bicyclic) bond motifs is 3. The van der Waals surface area contributed by atoms with Crippen LogP contribution < -0.4 is 16.3 Å². The molecule has 0 bridgehead atoms. The molecule has 3 aromatic rings. The monoisotopic (exact) mass is 357 g/mol. The quantitative estimate of drug-likeness (QED) is 0.562. The standard InChI is InChI=1S/C11H11N5OS.C7H12/c1-15(2)6-3-4-13-10-7(6)8-9(18-10)11(17)16(12)5-14-8;1-4-5-6-7(2)3/h3-5H,12H2,1-2H3;4-6H,1-3H3/b;5-4-. The minimum atomic E-state index is -0.243. The summed E-state index contributed by atoms with van der Waals surface area (Å²) in [5.74, 6) is 5.52. The first kappa shape index (κ1) is 18.7. The highest BCUT2D eigenvalue weighted by Crippen LogP contribution is 2.34. The predicted octanol–water partition coefficient (Wildman–Crippen LogP) is 3.31. The molecule has 3 rings (SSSR count). The van der Waals surface area contributed by atoms with Crippen molar-refractivity contribution >= 4 is 37.5 Å². The van der Waals surface area contributed by atoms with Crippen molar-refractivity contribution in [2.24, 2.45) is 0 Å². The van der Waals surface area contributed by atoms with E-state index in [1.807, 2.05) is 44.1 Å². The van der Waals surface area contributed by atoms with Crippen molar-refractivity contribution in [3.63, 3.8) is 0 Å². The molecule has 0 radical (unpaired) electrons. The van der Waals surface area contributed by atoms with E-state index in [9.17, 15) is 4.79 Å². The van der Waals surface area contributed by atoms with Crippen LogP contribution in [0.15, 0.2) is 47.2 Å². The highest BCUT2D eigenvalue weighted by Gasteiger charge is 2.15. The number of rotatable bonds is 2. The molecule has 0 aliphatic heterocycles. The molecule has 132 valence electrons. The minimum Gasteiger partial charge on any atom is -0.377 e. The Balaban J connectivity index is 0.000000277. The molecule has 0 atom stereocenters. The third-order valence-corrected chi connectivity index (χ3v) is 4.46. The summed E-state index contributed by atoms with van der Waals surface area (Å²) in [6.07, 6.45) is 9.21. The van der Waals surface area contributed by atoms with Crippen LogP contribution in [0.1, 0.15) is 20.8 Å². The molecule has 0 saturated heterocycles. The van der Waals surface area contributed by atoms with Gasteiger partial charge in [0.1, 0.15) is 21.4 Å². The Morgan fingerprint density at radius 3 is 2.60 bits per heavy atom. The van der Waals surface area contributed by atoms with Gasteiger partial charge in [-0.25, -0.2) is 14.6 Å². The van der Waals surface area contributed by atoms with Gasteiger partial charge in [0.2, 0.25) is 0 Å². The second kappa shape index (κ2) is 7.94. The van der Waals surface area contributed by atoms with Crippen LogP contribution in [-0.4, -0.2) is 28.7 Å². The number of aromatic nitrogens is 3. The topological polar surface area (TPSA) is 77.0 Å². The van der Waals surface area contributed by atoms with E-state index in [4.69, 9.17) is 5.84 Å². The Morgan fingerprint density at radius 1 is 1.32 bits per heavy atom. The average molecular weight is 357 g/mol. The van der Waals surface area contributed by atoms with Gasteiger partial charge >= 0.3 is 0 Å². The van der Waals surface area contributed by atoms with E-state index < -0.39 is 0 Å². The SMILES string of the molecule is C/C=C\C=C(C)C.CN(C)c1ccnc2sc3c(=O)n(N)cnc3c12. The van der Waals surface area contributed by atoms with Crippen LogP contribution in [0.25, 0.3) is 20.4 Å². The summed E-state index contributed by atoms with van der Waals surface area (Å²) in [6.45, 7) is 6.18. The molecule has 0 aromatic carbocycles. The summed E-state index contributed by atoms with van der Waals surface area (Å²) >= 11 is 1.32. The summed E-state index contributed by atoms with van der Waals surface area (Å²) in [5, 5.41) is 0.903. The van der Waals surface area contributed by atoms with Crippen LogP contribution in [0.2, 0.25) is 0 Å². The zero-order chi connectivity index (χ0) is 18.6. The van der Waals surface area contributed by atoms with E-state index in [1.54, 1.807) is 6.20 Å². The van der Waals surface area contributed by atoms with E-state index in [0.717, 1.165) is 20.6 Å². The van der Waals surface area contributed by atoms with Gasteiger partial charge < -0.3 is 10.7 Å². The van der Waals surface area contributed by atoms with Gasteiger partial charge in [0.15, 0.2) is 0 Å². The molecule has 0 unspecified atom stereocenters. The summed E-state index contributed by atoms with van der Waals surface area (Å²) in [7, 11) is 3.89. The Labute approximate surface area is 150 Å². The summed E-state index contributed by atoms with van der Waals surface area (Å²) in [4.78, 5) is 23.3. The number of nitrogens with zero attached hydrogens (tertiary/aromatic N) is 4. The molecule has 3 aromatic heterocycles. The fraction of sp³-hybridized carbons (Fsp3) is 0.278. The number of pyridine rings is 1. The van der Waals surface area contributed by atoms with Crippen LogP contribution in [0, 0.1) is 0 Å². The third kappa shape index (κ3) is 4.06. The first-order chi connectivity index (χ1) is 11.9. The Bertz CT molecular complexity index is 994. The molecule has 7 heteroatoms. The Morgan fingerprint density at radius 2 is 2.04 bits per heavy atom. The first-order valence-electron chi connectivity index (χ1n) is 7.84. The molecular weight excluding hydrogens is 334 g/mol. The van der Waals surface area contributed by atoms with Crippen molar-refractivity contribution in [1.82, 2.24) is 14.6 Å². The predicted molar refractivity (Wildman–Crippen MR) is 108 cm³/mol. The smallest absolute Gasteiger partial charge is 0.289 e. The lowest BCUT2D eigenvalue weighted by Crippen LogP contribution is -2.26. The van der Waals surface area contributed by atoms with Crippen LogP contribution in [0.3, 0.4) is 0 Å². The molecular formula is C18H23N5OS. The van der Waals surface area contributed by atoms with E-state index >= 15 is 0 Å². The van der Waals surface area contributed by atoms with Crippen LogP contribution >= 0.6 is 11.3 Å². The summed E-state index contributed by atoms with van der Waals surface area (Å²) in [6, 6.07) is 1.91. The largest absolute Gasteiger partial charge is 0.377 e. The summed E-state index contributed by atoms with van der Waals surface area (Å²) < 4.78 is 1.53. The number of nitrogen functional groups attached to an aromatic ring is 1. The van der Waals surface area contributed by atoms with Crippen molar-refractivity contribution in [2.45, 2.75) is 20.8 Å². The van der Waals surface area contributed by atoms with Gasteiger partial charge in [-0.3, -0.25) is 4.79 Å². The lowest BCUT2D eigenvalue weighted by atomic mass is 10.2. The third-order valence-electron chi connectivity index (χ3n) is 3.39. The highest BCUT2D eigenvalue weighted by molar-refractivity contribution is 7.25. The minimum absolute atomic E-state index is 0.243. The first-order valence-corrected chi connectivity index (χ1v) is 8.66. The molecule has 0 aliphatic carbocycles. The van der Waals surface area contributed by atoms with Crippen molar-refractivity contribution < 1.29 is 0 Å². The fourth-order valence-electron chi connectivity index (χ4n) is 2.21. The lowest BCUT2D eigenvalue weighted by Gasteiger charge is -2.13. The van der Waals surface area contributed by atoms with E-state index in [2.05, 4.69) is 29.9 Å². The van der Waals surface area contributed by atoms with Crippen molar-refractivity contribution in [2.75, 3.05) is 24.8 Å². The highest BCUT2D eigenvalue weighted by atomic mass is 32.1. The van der Waals surface area contributed by atoms with Crippen LogP contribution in [-0.2, 0) is 0 Å². The maximum absolute atomic E-state index is 11.9. The maximum atomic E-state index is 11.9. The molecule has 0 aliphatic rings. The van der Waals surface area contributed by atoms with E-state index in [0.29, 0.717) is 10.2 Å². The zero-order valence-corrected chi connectivity index (χ0v) is 16.0. The van der Waals surface area contributed by atoms with Gasteiger partial charge in [-0.2, -0.15) is 0 Å². The molecule has 3 heterocycles. The van der Waals surface area contributed by atoms with E-state index in [1.165, 1.54) is 23.2 Å². The number of hydrogen-bond donors (Lipinski definition) is 1. The second-order valence-corrected chi connectivity index (χ2v) is 6.91. The number of allylic oxidation sites excluding steroid dienone is 4. The van der Waals surface area contributed by atoms with Crippen molar-refractivity contribution in [3.05, 3.63) is 52.7 Å². The number of nitrogens with two attached hydrogens (primary N) is 1. The number of anilines is 1. The van der Waals surface area contributed by atoms with Crippen molar-refractivity contribution in [1.29, 1.82) is 0 Å². The molecule has 0 fully saturated rings. The van der Waals surface area contributed by atoms with Gasteiger partial charge in [-0.1, -0.05) is 23.8 Å². The molecule has 6 nitrogen and oxygen atoms in total. The number of hydrogen-bond acceptors (Lipinski definition) is 6. The van der Waals surface area contributed by atoms with Gasteiger partial charge in [0.05, 0.1) is 11.1 Å². The van der Waals surface area contributed by atoms with E-state index in [-0.39, 0.29) is 5.56 Å².